The van der Waals surface area contributed by atoms with Crippen LogP contribution in [0.25, 0.3) is 0 Å². The number of nitrogens with one attached hydrogen (secondary N) is 1. The van der Waals surface area contributed by atoms with Crippen molar-refractivity contribution in [3.8, 4) is 0 Å². The summed E-state index contributed by atoms with van der Waals surface area (Å²) in [7, 11) is 3.01. The van der Waals surface area contributed by atoms with Crippen molar-refractivity contribution in [1.29, 1.82) is 0 Å². The first-order chi connectivity index (χ1) is 11.5. The van der Waals surface area contributed by atoms with E-state index in [0.717, 1.165) is 16.4 Å². The zero-order valence-corrected chi connectivity index (χ0v) is 15.5. The minimum Gasteiger partial charge on any atom is -0.350 e. The van der Waals surface area contributed by atoms with Crippen LogP contribution in [0, 0.1) is 0 Å². The standard InChI is InChI=1S/C19H25N3OS/c1-15(17-10-12-18(13-11-17)24(4)23)21-19(22(2)3)20-14-16-8-6-5-7-9-16/h5-13,15H,14H2,1-4H3,(H,20,21). The lowest BCUT2D eigenvalue weighted by molar-refractivity contribution is 0.553. The van der Waals surface area contributed by atoms with Crippen molar-refractivity contribution in [3.05, 3.63) is 65.7 Å². The second kappa shape index (κ2) is 8.64. The van der Waals surface area contributed by atoms with Crippen molar-refractivity contribution in [2.24, 2.45) is 4.99 Å². The van der Waals surface area contributed by atoms with Crippen molar-refractivity contribution in [3.63, 3.8) is 0 Å². The van der Waals surface area contributed by atoms with Crippen molar-refractivity contribution >= 4 is 16.8 Å². The Balaban J connectivity index is 2.07. The molecule has 4 nitrogen and oxygen atoms in total. The Morgan fingerprint density at radius 3 is 2.29 bits per heavy atom. The van der Waals surface area contributed by atoms with Crippen LogP contribution in [0.5, 0.6) is 0 Å². The maximum Gasteiger partial charge on any atom is 0.194 e. The molecule has 2 aromatic rings. The van der Waals surface area contributed by atoms with Crippen molar-refractivity contribution < 1.29 is 4.21 Å². The summed E-state index contributed by atoms with van der Waals surface area (Å²) < 4.78 is 11.5. The van der Waals surface area contributed by atoms with Crippen molar-refractivity contribution in [2.75, 3.05) is 20.4 Å². The van der Waals surface area contributed by atoms with Gasteiger partial charge in [0.25, 0.3) is 0 Å². The van der Waals surface area contributed by atoms with Gasteiger partial charge < -0.3 is 10.2 Å². The minimum atomic E-state index is -0.945. The van der Waals surface area contributed by atoms with Gasteiger partial charge in [0.15, 0.2) is 5.96 Å². The van der Waals surface area contributed by atoms with Crippen LogP contribution in [-0.2, 0) is 17.3 Å². The van der Waals surface area contributed by atoms with Gasteiger partial charge in [-0.1, -0.05) is 42.5 Å². The Morgan fingerprint density at radius 2 is 1.75 bits per heavy atom. The summed E-state index contributed by atoms with van der Waals surface area (Å²) in [6.07, 6.45) is 1.69. The van der Waals surface area contributed by atoms with E-state index < -0.39 is 10.8 Å². The SMILES string of the molecule is CC(NC(=NCc1ccccc1)N(C)C)c1ccc(S(C)=O)cc1. The fraction of sp³-hybridized carbons (Fsp3) is 0.316. The summed E-state index contributed by atoms with van der Waals surface area (Å²) in [5.74, 6) is 0.842. The highest BCUT2D eigenvalue weighted by molar-refractivity contribution is 7.84. The molecule has 5 heteroatoms. The molecule has 0 aliphatic rings. The zero-order chi connectivity index (χ0) is 17.5. The molecule has 128 valence electrons. The van der Waals surface area contributed by atoms with E-state index in [1.165, 1.54) is 5.56 Å². The maximum absolute atomic E-state index is 11.5. The quantitative estimate of drug-likeness (QED) is 0.670. The van der Waals surface area contributed by atoms with Gasteiger partial charge in [-0.25, -0.2) is 4.99 Å². The molecule has 0 heterocycles. The highest BCUT2D eigenvalue weighted by Gasteiger charge is 2.10. The molecule has 0 saturated carbocycles. The molecular formula is C19H25N3OS. The molecule has 0 radical (unpaired) electrons. The van der Waals surface area contributed by atoms with E-state index in [9.17, 15) is 4.21 Å². The fourth-order valence-electron chi connectivity index (χ4n) is 2.29. The third kappa shape index (κ3) is 5.20. The van der Waals surface area contributed by atoms with Crippen molar-refractivity contribution in [1.82, 2.24) is 10.2 Å². The molecule has 0 aliphatic carbocycles. The van der Waals surface area contributed by atoms with Crippen LogP contribution < -0.4 is 5.32 Å². The van der Waals surface area contributed by atoms with E-state index in [2.05, 4.69) is 29.4 Å². The third-order valence-corrected chi connectivity index (χ3v) is 4.67. The van der Waals surface area contributed by atoms with Crippen LogP contribution in [-0.4, -0.2) is 35.4 Å². The van der Waals surface area contributed by atoms with Crippen molar-refractivity contribution in [2.45, 2.75) is 24.4 Å². The topological polar surface area (TPSA) is 44.7 Å². The molecule has 0 amide bonds. The lowest BCUT2D eigenvalue weighted by Crippen LogP contribution is -2.38. The summed E-state index contributed by atoms with van der Waals surface area (Å²) in [5.41, 5.74) is 2.32. The number of guanidine groups is 1. The van der Waals surface area contributed by atoms with E-state index in [4.69, 9.17) is 0 Å². The molecule has 0 spiro atoms. The molecule has 2 aromatic carbocycles. The van der Waals surface area contributed by atoms with Gasteiger partial charge in [0, 0.05) is 36.0 Å². The first-order valence-corrected chi connectivity index (χ1v) is 9.49. The third-order valence-electron chi connectivity index (χ3n) is 3.74. The van der Waals surface area contributed by atoms with E-state index in [1.54, 1.807) is 6.26 Å². The molecule has 0 aromatic heterocycles. The molecular weight excluding hydrogens is 318 g/mol. The summed E-state index contributed by atoms with van der Waals surface area (Å²) in [5, 5.41) is 3.45. The monoisotopic (exact) mass is 343 g/mol. The number of benzene rings is 2. The zero-order valence-electron chi connectivity index (χ0n) is 14.7. The van der Waals surface area contributed by atoms with E-state index >= 15 is 0 Å². The molecule has 0 aliphatic heterocycles. The molecule has 0 bridgehead atoms. The largest absolute Gasteiger partial charge is 0.350 e. The second-order valence-corrected chi connectivity index (χ2v) is 7.29. The number of nitrogens with zero attached hydrogens (tertiary/aromatic N) is 2. The van der Waals surface area contributed by atoms with Crippen LogP contribution >= 0.6 is 0 Å². The first kappa shape index (κ1) is 18.2. The number of aliphatic imine (C=N–C) groups is 1. The smallest absolute Gasteiger partial charge is 0.194 e. The van der Waals surface area contributed by atoms with E-state index in [-0.39, 0.29) is 6.04 Å². The average Bonchev–Trinajstić information content (AvgIpc) is 2.59. The van der Waals surface area contributed by atoms with Crippen LogP contribution in [0.15, 0.2) is 64.5 Å². The lowest BCUT2D eigenvalue weighted by Gasteiger charge is -2.22. The molecule has 2 rings (SSSR count). The second-order valence-electron chi connectivity index (χ2n) is 5.91. The van der Waals surface area contributed by atoms with E-state index in [0.29, 0.717) is 6.54 Å². The molecule has 1 N–H and O–H groups in total. The molecule has 24 heavy (non-hydrogen) atoms. The summed E-state index contributed by atoms with van der Waals surface area (Å²) >= 11 is 0. The molecule has 0 saturated heterocycles. The van der Waals surface area contributed by atoms with Gasteiger partial charge in [-0.2, -0.15) is 0 Å². The average molecular weight is 343 g/mol. The lowest BCUT2D eigenvalue weighted by atomic mass is 10.1. The van der Waals surface area contributed by atoms with E-state index in [1.807, 2.05) is 61.5 Å². The summed E-state index contributed by atoms with van der Waals surface area (Å²) in [6, 6.07) is 18.2. The van der Waals surface area contributed by atoms with Gasteiger partial charge in [0.1, 0.15) is 0 Å². The van der Waals surface area contributed by atoms with Crippen LogP contribution in [0.3, 0.4) is 0 Å². The van der Waals surface area contributed by atoms with Gasteiger partial charge in [0.05, 0.1) is 12.6 Å². The molecule has 2 atom stereocenters. The molecule has 0 fully saturated rings. The minimum absolute atomic E-state index is 0.112. The predicted octanol–water partition coefficient (Wildman–Crippen LogP) is 3.19. The highest BCUT2D eigenvalue weighted by Crippen LogP contribution is 2.15. The predicted molar refractivity (Wildman–Crippen MR) is 102 cm³/mol. The Hall–Kier alpha value is -2.14. The molecule has 2 unspecified atom stereocenters. The maximum atomic E-state index is 11.5. The fourth-order valence-corrected chi connectivity index (χ4v) is 2.81. The normalized spacial score (nSPS) is 14.1. The van der Waals surface area contributed by atoms with Gasteiger partial charge >= 0.3 is 0 Å². The van der Waals surface area contributed by atoms with Crippen LogP contribution in [0.2, 0.25) is 0 Å². The number of rotatable bonds is 5. The Labute approximate surface area is 147 Å². The van der Waals surface area contributed by atoms with Gasteiger partial charge in [-0.15, -0.1) is 0 Å². The Bertz CT molecular complexity index is 696. The Morgan fingerprint density at radius 1 is 1.12 bits per heavy atom. The van der Waals surface area contributed by atoms with Gasteiger partial charge in [0.2, 0.25) is 0 Å². The number of hydrogen-bond acceptors (Lipinski definition) is 2. The first-order valence-electron chi connectivity index (χ1n) is 7.93. The number of hydrogen-bond donors (Lipinski definition) is 1. The van der Waals surface area contributed by atoms with Crippen LogP contribution in [0.4, 0.5) is 0 Å². The Kier molecular flexibility index (Phi) is 6.55. The summed E-state index contributed by atoms with van der Waals surface area (Å²) in [4.78, 5) is 7.51. The highest BCUT2D eigenvalue weighted by atomic mass is 32.2. The van der Waals surface area contributed by atoms with Gasteiger partial charge in [-0.3, -0.25) is 4.21 Å². The summed E-state index contributed by atoms with van der Waals surface area (Å²) in [6.45, 7) is 2.74. The van der Waals surface area contributed by atoms with Gasteiger partial charge in [-0.05, 0) is 30.2 Å². The van der Waals surface area contributed by atoms with Crippen LogP contribution in [0.1, 0.15) is 24.1 Å².